The minimum absolute atomic E-state index is 0. The van der Waals surface area contributed by atoms with Crippen molar-refractivity contribution in [2.24, 2.45) is 11.8 Å². The van der Waals surface area contributed by atoms with Crippen molar-refractivity contribution in [3.63, 3.8) is 0 Å². The van der Waals surface area contributed by atoms with Crippen molar-refractivity contribution in [1.29, 1.82) is 0 Å². The van der Waals surface area contributed by atoms with Crippen LogP contribution in [0.2, 0.25) is 0 Å². The van der Waals surface area contributed by atoms with Crippen LogP contribution in [0.3, 0.4) is 0 Å². The summed E-state index contributed by atoms with van der Waals surface area (Å²) in [6, 6.07) is 18.8. The van der Waals surface area contributed by atoms with Crippen molar-refractivity contribution >= 4 is 10.9 Å². The Morgan fingerprint density at radius 3 is 2.78 bits per heavy atom. The Labute approximate surface area is 200 Å². The standard InChI is InChI=1S/C27H31N2O2.BrH/c1-3-20-18-29(17-19-7-5-4-6-8-19)14-12-21(20)15-26(29)27(30)23-11-13-28-25-10-9-22(31-2)16-24(23)25;/h3-11,13,16,20-21,26-27,30H,1,12,14-15,17-18H2,2H3;1H/q+1;/p-1/t20-,21+,26-,27+,29-;/m0./s1. The molecule has 5 atom stereocenters. The zero-order chi connectivity index (χ0) is 21.4. The number of aliphatic hydroxyl groups is 1. The van der Waals surface area contributed by atoms with Crippen LogP contribution >= 0.6 is 0 Å². The van der Waals surface area contributed by atoms with Gasteiger partial charge in [-0.3, -0.25) is 4.98 Å². The molecule has 2 bridgehead atoms. The van der Waals surface area contributed by atoms with Crippen molar-refractivity contribution < 1.29 is 31.3 Å². The molecular formula is C27H31BrN2O2. The Kier molecular flexibility index (Phi) is 6.70. The molecule has 0 saturated carbocycles. The highest BCUT2D eigenvalue weighted by Crippen LogP contribution is 2.48. The molecule has 3 aliphatic rings. The number of aromatic nitrogens is 1. The summed E-state index contributed by atoms with van der Waals surface area (Å²) in [5.41, 5.74) is 3.19. The van der Waals surface area contributed by atoms with Crippen LogP contribution in [0.1, 0.15) is 30.1 Å². The van der Waals surface area contributed by atoms with Gasteiger partial charge in [-0.1, -0.05) is 36.4 Å². The smallest absolute Gasteiger partial charge is 0.131 e. The summed E-state index contributed by atoms with van der Waals surface area (Å²) in [7, 11) is 1.68. The van der Waals surface area contributed by atoms with Crippen LogP contribution in [0.25, 0.3) is 10.9 Å². The predicted octanol–water partition coefficient (Wildman–Crippen LogP) is 1.89. The molecule has 4 heterocycles. The monoisotopic (exact) mass is 494 g/mol. The number of methoxy groups -OCH3 is 1. The summed E-state index contributed by atoms with van der Waals surface area (Å²) in [5.74, 6) is 1.92. The number of aliphatic hydroxyl groups excluding tert-OH is 1. The fourth-order valence-corrected chi connectivity index (χ4v) is 6.07. The van der Waals surface area contributed by atoms with E-state index in [0.717, 1.165) is 52.8 Å². The van der Waals surface area contributed by atoms with Gasteiger partial charge in [-0.2, -0.15) is 0 Å². The SMILES string of the molecule is C=C[C@H]1C[N@@+]2(Cc3ccccc3)CC[C@@H]1C[C@H]2[C@H](O)c1ccnc2ccc(OC)cc12.[Br-]. The van der Waals surface area contributed by atoms with Gasteiger partial charge in [0.1, 0.15) is 24.4 Å². The molecule has 5 heteroatoms. The van der Waals surface area contributed by atoms with Crippen molar-refractivity contribution in [1.82, 2.24) is 4.98 Å². The molecule has 0 amide bonds. The molecule has 2 aromatic carbocycles. The maximum atomic E-state index is 11.8. The van der Waals surface area contributed by atoms with E-state index in [4.69, 9.17) is 4.74 Å². The van der Waals surface area contributed by atoms with Crippen LogP contribution in [0, 0.1) is 11.8 Å². The molecule has 168 valence electrons. The molecule has 0 unspecified atom stereocenters. The lowest BCUT2D eigenvalue weighted by Crippen LogP contribution is -3.00. The molecule has 3 saturated heterocycles. The van der Waals surface area contributed by atoms with Gasteiger partial charge in [0.15, 0.2) is 0 Å². The number of nitrogens with zero attached hydrogens (tertiary/aromatic N) is 2. The van der Waals surface area contributed by atoms with E-state index in [1.807, 2.05) is 30.5 Å². The Morgan fingerprint density at radius 1 is 1.22 bits per heavy atom. The van der Waals surface area contributed by atoms with Gasteiger partial charge in [-0.25, -0.2) is 0 Å². The largest absolute Gasteiger partial charge is 1.00 e. The molecule has 3 aromatic rings. The van der Waals surface area contributed by atoms with Crippen molar-refractivity contribution in [3.8, 4) is 5.75 Å². The first kappa shape index (κ1) is 23.0. The number of ether oxygens (including phenoxy) is 1. The van der Waals surface area contributed by atoms with Crippen LogP contribution in [0.5, 0.6) is 5.75 Å². The van der Waals surface area contributed by atoms with Gasteiger partial charge in [0, 0.05) is 35.9 Å². The Morgan fingerprint density at radius 2 is 2.03 bits per heavy atom. The van der Waals surface area contributed by atoms with E-state index in [-0.39, 0.29) is 23.0 Å². The van der Waals surface area contributed by atoms with Gasteiger partial charge in [-0.05, 0) is 35.7 Å². The molecule has 4 nitrogen and oxygen atoms in total. The van der Waals surface area contributed by atoms with Crippen molar-refractivity contribution in [3.05, 3.63) is 84.6 Å². The zero-order valence-corrected chi connectivity index (χ0v) is 20.1. The maximum absolute atomic E-state index is 11.8. The number of rotatable bonds is 6. The lowest BCUT2D eigenvalue weighted by molar-refractivity contribution is -0.984. The number of benzene rings is 2. The number of piperidine rings is 3. The number of pyridine rings is 1. The summed E-state index contributed by atoms with van der Waals surface area (Å²) in [6.07, 6.45) is 5.65. The fraction of sp³-hybridized carbons (Fsp3) is 0.370. The molecule has 3 aliphatic heterocycles. The van der Waals surface area contributed by atoms with E-state index in [9.17, 15) is 5.11 Å². The number of hydrogen-bond acceptors (Lipinski definition) is 3. The first-order valence-electron chi connectivity index (χ1n) is 11.3. The van der Waals surface area contributed by atoms with Gasteiger partial charge >= 0.3 is 0 Å². The van der Waals surface area contributed by atoms with Gasteiger partial charge in [0.2, 0.25) is 0 Å². The molecule has 32 heavy (non-hydrogen) atoms. The van der Waals surface area contributed by atoms with Crippen LogP contribution < -0.4 is 21.7 Å². The average molecular weight is 495 g/mol. The highest BCUT2D eigenvalue weighted by atomic mass is 79.9. The minimum Gasteiger partial charge on any atom is -1.00 e. The lowest BCUT2D eigenvalue weighted by Gasteiger charge is -2.58. The second-order valence-corrected chi connectivity index (χ2v) is 9.25. The van der Waals surface area contributed by atoms with Crippen LogP contribution in [0.15, 0.2) is 73.4 Å². The third-order valence-electron chi connectivity index (χ3n) is 7.68. The predicted molar refractivity (Wildman–Crippen MR) is 124 cm³/mol. The van der Waals surface area contributed by atoms with E-state index < -0.39 is 6.10 Å². The maximum Gasteiger partial charge on any atom is 0.131 e. The fourth-order valence-electron chi connectivity index (χ4n) is 6.07. The third kappa shape index (κ3) is 3.98. The van der Waals surface area contributed by atoms with Crippen LogP contribution in [0.4, 0.5) is 0 Å². The van der Waals surface area contributed by atoms with Crippen molar-refractivity contribution in [2.75, 3.05) is 20.2 Å². The Balaban J connectivity index is 0.00000245. The highest BCUT2D eigenvalue weighted by molar-refractivity contribution is 5.83. The molecule has 0 radical (unpaired) electrons. The molecule has 1 N–H and O–H groups in total. The molecule has 3 fully saturated rings. The average Bonchev–Trinajstić information content (AvgIpc) is 2.83. The Hall–Kier alpha value is -2.21. The van der Waals surface area contributed by atoms with Crippen LogP contribution in [-0.2, 0) is 6.54 Å². The molecule has 1 aromatic heterocycles. The molecule has 0 spiro atoms. The summed E-state index contributed by atoms with van der Waals surface area (Å²) in [6.45, 7) is 7.25. The van der Waals surface area contributed by atoms with E-state index in [0.29, 0.717) is 11.8 Å². The first-order chi connectivity index (χ1) is 15.1. The molecule has 0 aliphatic carbocycles. The normalized spacial score (nSPS) is 27.5. The van der Waals surface area contributed by atoms with Crippen LogP contribution in [-0.4, -0.2) is 40.8 Å². The van der Waals surface area contributed by atoms with Crippen molar-refractivity contribution in [2.45, 2.75) is 31.5 Å². The first-order valence-corrected chi connectivity index (χ1v) is 11.3. The van der Waals surface area contributed by atoms with E-state index >= 15 is 0 Å². The summed E-state index contributed by atoms with van der Waals surface area (Å²) < 4.78 is 6.38. The summed E-state index contributed by atoms with van der Waals surface area (Å²) in [4.78, 5) is 4.52. The van der Waals surface area contributed by atoms with Gasteiger partial charge in [0.25, 0.3) is 0 Å². The topological polar surface area (TPSA) is 42.4 Å². The quantitative estimate of drug-likeness (QED) is 0.420. The summed E-state index contributed by atoms with van der Waals surface area (Å²) >= 11 is 0. The number of fused-ring (bicyclic) bond motifs is 4. The zero-order valence-electron chi connectivity index (χ0n) is 18.5. The van der Waals surface area contributed by atoms with Gasteiger partial charge in [-0.15, -0.1) is 6.58 Å². The van der Waals surface area contributed by atoms with Gasteiger partial charge < -0.3 is 31.3 Å². The third-order valence-corrected chi connectivity index (χ3v) is 7.68. The van der Waals surface area contributed by atoms with E-state index in [1.165, 1.54) is 12.0 Å². The number of hydrogen-bond donors (Lipinski definition) is 1. The van der Waals surface area contributed by atoms with E-state index in [2.05, 4.69) is 48.0 Å². The number of quaternary nitrogens is 1. The highest BCUT2D eigenvalue weighted by Gasteiger charge is 2.53. The van der Waals surface area contributed by atoms with Gasteiger partial charge in [0.05, 0.1) is 25.7 Å². The summed E-state index contributed by atoms with van der Waals surface area (Å²) in [5, 5.41) is 12.8. The lowest BCUT2D eigenvalue weighted by atomic mass is 9.71. The Bertz CT molecular complexity index is 1090. The van der Waals surface area contributed by atoms with E-state index in [1.54, 1.807) is 7.11 Å². The second kappa shape index (κ2) is 9.34. The minimum atomic E-state index is -0.546. The second-order valence-electron chi connectivity index (χ2n) is 9.25. The number of halogens is 1. The molecule has 6 rings (SSSR count). The molecular weight excluding hydrogens is 464 g/mol.